The van der Waals surface area contributed by atoms with Gasteiger partial charge in [0.15, 0.2) is 0 Å². The molecule has 1 nitrogen and oxygen atoms in total. The molecule has 3 aliphatic rings. The van der Waals surface area contributed by atoms with Crippen LogP contribution in [0.25, 0.3) is 44.2 Å². The normalized spacial score (nSPS) is 16.8. The van der Waals surface area contributed by atoms with Crippen molar-refractivity contribution in [2.45, 2.75) is 43.4 Å². The van der Waals surface area contributed by atoms with E-state index in [1.807, 2.05) is 0 Å². The van der Waals surface area contributed by atoms with Crippen LogP contribution in [0.2, 0.25) is 0 Å². The fourth-order valence-corrected chi connectivity index (χ4v) is 10.7. The topological polar surface area (TPSA) is 3.24 Å². The Kier molecular flexibility index (Phi) is 7.71. The van der Waals surface area contributed by atoms with Gasteiger partial charge in [-0.2, -0.15) is 0 Å². The lowest BCUT2D eigenvalue weighted by Gasteiger charge is -2.33. The smallest absolute Gasteiger partial charge is 0.0726 e. The number of benzene rings is 8. The van der Waals surface area contributed by atoms with Crippen LogP contribution in [0, 0.1) is 0 Å². The van der Waals surface area contributed by atoms with Gasteiger partial charge < -0.3 is 4.90 Å². The molecule has 2 heteroatoms. The summed E-state index contributed by atoms with van der Waals surface area (Å²) >= 11 is 3.89. The fourth-order valence-electron chi connectivity index (χ4n) is 10.4. The SMILES string of the molecule is Brc1ccc2c(c1)C1(c3ccccc3-2)c2ccccc2-c2ccc(N(c3ccc(C4CCCCC4)cc3)c3ccc4ccccc4c3-c3ccccc3)cc21. The Morgan fingerprint density at radius 1 is 0.473 bits per heavy atom. The van der Waals surface area contributed by atoms with Crippen molar-refractivity contribution in [3.63, 3.8) is 0 Å². The van der Waals surface area contributed by atoms with E-state index in [0.717, 1.165) is 10.2 Å². The van der Waals surface area contributed by atoms with Gasteiger partial charge >= 0.3 is 0 Å². The summed E-state index contributed by atoms with van der Waals surface area (Å²) in [6.07, 6.45) is 6.61. The van der Waals surface area contributed by atoms with Gasteiger partial charge in [0.25, 0.3) is 0 Å². The van der Waals surface area contributed by atoms with Crippen molar-refractivity contribution in [1.29, 1.82) is 0 Å². The van der Waals surface area contributed by atoms with Gasteiger partial charge in [0.1, 0.15) is 0 Å². The zero-order chi connectivity index (χ0) is 36.5. The molecule has 1 saturated carbocycles. The molecule has 264 valence electrons. The summed E-state index contributed by atoms with van der Waals surface area (Å²) in [5.41, 5.74) is 17.6. The Balaban J connectivity index is 1.19. The van der Waals surface area contributed by atoms with Crippen LogP contribution in [0.4, 0.5) is 17.1 Å². The van der Waals surface area contributed by atoms with E-state index in [0.29, 0.717) is 5.92 Å². The molecule has 11 rings (SSSR count). The van der Waals surface area contributed by atoms with Gasteiger partial charge in [-0.25, -0.2) is 0 Å². The Bertz CT molecular complexity index is 2750. The van der Waals surface area contributed by atoms with Crippen LogP contribution in [0.1, 0.15) is 65.8 Å². The lowest BCUT2D eigenvalue weighted by molar-refractivity contribution is 0.443. The molecule has 1 atom stereocenters. The third-order valence-corrected chi connectivity index (χ3v) is 13.2. The standard InChI is InChI=1S/C53H40BrN/c54-39-26-30-45-43-19-9-11-21-47(43)53(49(45)33-39)48-22-12-10-20-44(48)46-31-29-41(34-50(46)53)55(40-27-23-36(24-28-40)35-13-3-1-4-14-35)51-32-25-37-15-7-8-18-42(37)52(51)38-16-5-2-6-17-38/h2,5-12,15-35H,1,3-4,13-14H2. The summed E-state index contributed by atoms with van der Waals surface area (Å²) in [5.74, 6) is 0.650. The zero-order valence-electron chi connectivity index (χ0n) is 30.7. The second kappa shape index (κ2) is 13.0. The average molecular weight is 771 g/mol. The van der Waals surface area contributed by atoms with Crippen LogP contribution >= 0.6 is 15.9 Å². The van der Waals surface area contributed by atoms with Gasteiger partial charge in [0.2, 0.25) is 0 Å². The molecule has 8 aromatic carbocycles. The number of halogens is 1. The van der Waals surface area contributed by atoms with Gasteiger partial charge in [-0.05, 0) is 128 Å². The lowest BCUT2D eigenvalue weighted by Crippen LogP contribution is -2.26. The predicted molar refractivity (Wildman–Crippen MR) is 234 cm³/mol. The fraction of sp³-hybridized carbons (Fsp3) is 0.132. The number of nitrogens with zero attached hydrogens (tertiary/aromatic N) is 1. The zero-order valence-corrected chi connectivity index (χ0v) is 32.3. The summed E-state index contributed by atoms with van der Waals surface area (Å²) < 4.78 is 1.10. The molecule has 0 radical (unpaired) electrons. The van der Waals surface area contributed by atoms with Crippen molar-refractivity contribution in [2.75, 3.05) is 4.90 Å². The lowest BCUT2D eigenvalue weighted by atomic mass is 9.70. The van der Waals surface area contributed by atoms with Crippen LogP contribution in [0.3, 0.4) is 0 Å². The first-order valence-electron chi connectivity index (χ1n) is 19.8. The van der Waals surface area contributed by atoms with Gasteiger partial charge in [-0.15, -0.1) is 0 Å². The molecule has 8 aromatic rings. The largest absolute Gasteiger partial charge is 0.310 e. The molecule has 55 heavy (non-hydrogen) atoms. The van der Waals surface area contributed by atoms with Gasteiger partial charge in [0.05, 0.1) is 11.1 Å². The number of anilines is 3. The van der Waals surface area contributed by atoms with E-state index in [9.17, 15) is 0 Å². The first-order chi connectivity index (χ1) is 27.2. The van der Waals surface area contributed by atoms with Crippen molar-refractivity contribution in [2.24, 2.45) is 0 Å². The predicted octanol–water partition coefficient (Wildman–Crippen LogP) is 15.1. The average Bonchev–Trinajstić information content (AvgIpc) is 3.71. The monoisotopic (exact) mass is 769 g/mol. The van der Waals surface area contributed by atoms with Crippen molar-refractivity contribution in [3.05, 3.63) is 208 Å². The molecule has 0 amide bonds. The van der Waals surface area contributed by atoms with Crippen molar-refractivity contribution < 1.29 is 0 Å². The highest BCUT2D eigenvalue weighted by Crippen LogP contribution is 2.63. The van der Waals surface area contributed by atoms with E-state index in [-0.39, 0.29) is 0 Å². The molecule has 1 fully saturated rings. The van der Waals surface area contributed by atoms with E-state index in [4.69, 9.17) is 0 Å². The van der Waals surface area contributed by atoms with E-state index < -0.39 is 5.41 Å². The van der Waals surface area contributed by atoms with E-state index in [1.165, 1.54) is 115 Å². The number of rotatable bonds is 5. The Morgan fingerprint density at radius 2 is 1.07 bits per heavy atom. The van der Waals surface area contributed by atoms with Crippen molar-refractivity contribution >= 4 is 43.8 Å². The van der Waals surface area contributed by atoms with Gasteiger partial charge in [-0.1, -0.05) is 169 Å². The van der Waals surface area contributed by atoms with E-state index in [1.54, 1.807) is 0 Å². The van der Waals surface area contributed by atoms with Gasteiger partial charge in [0, 0.05) is 21.4 Å². The molecule has 1 unspecified atom stereocenters. The molecule has 0 saturated heterocycles. The quantitative estimate of drug-likeness (QED) is 0.168. The maximum Gasteiger partial charge on any atom is 0.0726 e. The van der Waals surface area contributed by atoms with E-state index >= 15 is 0 Å². The molecule has 0 heterocycles. The molecule has 0 bridgehead atoms. The van der Waals surface area contributed by atoms with Gasteiger partial charge in [-0.3, -0.25) is 0 Å². The van der Waals surface area contributed by atoms with Crippen molar-refractivity contribution in [1.82, 2.24) is 0 Å². The Labute approximate surface area is 332 Å². The highest BCUT2D eigenvalue weighted by molar-refractivity contribution is 9.10. The molecule has 3 aliphatic carbocycles. The number of hydrogen-bond donors (Lipinski definition) is 0. The number of fused-ring (bicyclic) bond motifs is 11. The summed E-state index contributed by atoms with van der Waals surface area (Å²) in [6.45, 7) is 0. The van der Waals surface area contributed by atoms with Crippen LogP contribution < -0.4 is 4.90 Å². The summed E-state index contributed by atoms with van der Waals surface area (Å²) in [4.78, 5) is 2.53. The minimum Gasteiger partial charge on any atom is -0.310 e. The third kappa shape index (κ3) is 4.97. The molecule has 0 aliphatic heterocycles. The minimum atomic E-state index is -0.445. The molecule has 0 N–H and O–H groups in total. The van der Waals surface area contributed by atoms with Crippen LogP contribution in [0.15, 0.2) is 180 Å². The second-order valence-corrected chi connectivity index (χ2v) is 16.5. The second-order valence-electron chi connectivity index (χ2n) is 15.6. The molecular weight excluding hydrogens is 730 g/mol. The summed E-state index contributed by atoms with van der Waals surface area (Å²) in [7, 11) is 0. The first kappa shape index (κ1) is 32.7. The summed E-state index contributed by atoms with van der Waals surface area (Å²) in [6, 6.07) is 66.3. The highest BCUT2D eigenvalue weighted by atomic mass is 79.9. The first-order valence-corrected chi connectivity index (χ1v) is 20.6. The highest BCUT2D eigenvalue weighted by Gasteiger charge is 2.51. The van der Waals surface area contributed by atoms with Crippen LogP contribution in [-0.2, 0) is 5.41 Å². The molecule has 0 aromatic heterocycles. The van der Waals surface area contributed by atoms with Crippen LogP contribution in [-0.4, -0.2) is 0 Å². The van der Waals surface area contributed by atoms with E-state index in [2.05, 4.69) is 197 Å². The summed E-state index contributed by atoms with van der Waals surface area (Å²) in [5, 5.41) is 2.49. The maximum atomic E-state index is 3.89. The Morgan fingerprint density at radius 3 is 1.82 bits per heavy atom. The Hall–Kier alpha value is -5.70. The third-order valence-electron chi connectivity index (χ3n) is 12.7. The molecule has 1 spiro atoms. The van der Waals surface area contributed by atoms with Crippen LogP contribution in [0.5, 0.6) is 0 Å². The van der Waals surface area contributed by atoms with Crippen molar-refractivity contribution in [3.8, 4) is 33.4 Å². The molecular formula is C53H40BrN. The number of hydrogen-bond acceptors (Lipinski definition) is 1. The maximum absolute atomic E-state index is 3.89. The minimum absolute atomic E-state index is 0.445.